The summed E-state index contributed by atoms with van der Waals surface area (Å²) in [5, 5.41) is 3.51. The van der Waals surface area contributed by atoms with Crippen LogP contribution in [-0.2, 0) is 4.74 Å². The maximum Gasteiger partial charge on any atom is 0.0589 e. The fourth-order valence-corrected chi connectivity index (χ4v) is 2.43. The molecule has 0 aromatic heterocycles. The molecule has 0 aromatic carbocycles. The minimum absolute atomic E-state index is 0.771. The highest BCUT2D eigenvalue weighted by molar-refractivity contribution is 4.84. The molecular formula is C16H34N2O. The molecule has 0 bridgehead atoms. The Kier molecular flexibility index (Phi) is 9.48. The number of hydrogen-bond donors (Lipinski definition) is 1. The summed E-state index contributed by atoms with van der Waals surface area (Å²) in [6.07, 6.45) is 8.23. The molecule has 0 amide bonds. The van der Waals surface area contributed by atoms with Gasteiger partial charge in [-0.25, -0.2) is 0 Å². The summed E-state index contributed by atoms with van der Waals surface area (Å²) in [4.78, 5) is 2.63. The number of methoxy groups -OCH3 is 1. The SMILES string of the molecule is COCCN(CCCCCCNCC(C)C)C1CC1. The lowest BCUT2D eigenvalue weighted by Gasteiger charge is -2.21. The number of rotatable bonds is 13. The molecule has 1 rings (SSSR count). The fraction of sp³-hybridized carbons (Fsp3) is 1.00. The van der Waals surface area contributed by atoms with Gasteiger partial charge < -0.3 is 10.1 Å². The zero-order chi connectivity index (χ0) is 13.9. The van der Waals surface area contributed by atoms with Crippen LogP contribution in [-0.4, -0.2) is 50.8 Å². The van der Waals surface area contributed by atoms with E-state index < -0.39 is 0 Å². The lowest BCUT2D eigenvalue weighted by Crippen LogP contribution is -2.30. The second kappa shape index (κ2) is 10.6. The minimum Gasteiger partial charge on any atom is -0.383 e. The van der Waals surface area contributed by atoms with Gasteiger partial charge in [-0.1, -0.05) is 26.7 Å². The van der Waals surface area contributed by atoms with E-state index in [-0.39, 0.29) is 0 Å². The van der Waals surface area contributed by atoms with Crippen molar-refractivity contribution in [2.45, 2.75) is 58.4 Å². The molecule has 3 nitrogen and oxygen atoms in total. The van der Waals surface area contributed by atoms with Crippen LogP contribution >= 0.6 is 0 Å². The smallest absolute Gasteiger partial charge is 0.0589 e. The summed E-state index contributed by atoms with van der Waals surface area (Å²) < 4.78 is 5.19. The highest BCUT2D eigenvalue weighted by Gasteiger charge is 2.27. The largest absolute Gasteiger partial charge is 0.383 e. The third-order valence-corrected chi connectivity index (χ3v) is 3.75. The third kappa shape index (κ3) is 9.42. The van der Waals surface area contributed by atoms with E-state index >= 15 is 0 Å². The number of nitrogens with one attached hydrogen (secondary N) is 1. The average Bonchev–Trinajstić information content (AvgIpc) is 3.20. The first-order valence-electron chi connectivity index (χ1n) is 8.17. The molecule has 0 unspecified atom stereocenters. The summed E-state index contributed by atoms with van der Waals surface area (Å²) in [5.41, 5.74) is 0. The topological polar surface area (TPSA) is 24.5 Å². The molecule has 114 valence electrons. The summed E-state index contributed by atoms with van der Waals surface area (Å²) in [5.74, 6) is 0.771. The quantitative estimate of drug-likeness (QED) is 0.521. The maximum absolute atomic E-state index is 5.19. The van der Waals surface area contributed by atoms with E-state index in [0.29, 0.717) is 0 Å². The van der Waals surface area contributed by atoms with Crippen molar-refractivity contribution >= 4 is 0 Å². The van der Waals surface area contributed by atoms with Crippen LogP contribution in [0.2, 0.25) is 0 Å². The average molecular weight is 270 g/mol. The van der Waals surface area contributed by atoms with Crippen LogP contribution in [0.4, 0.5) is 0 Å². The third-order valence-electron chi connectivity index (χ3n) is 3.75. The van der Waals surface area contributed by atoms with Crippen molar-refractivity contribution in [1.82, 2.24) is 10.2 Å². The second-order valence-corrected chi connectivity index (χ2v) is 6.27. The van der Waals surface area contributed by atoms with Crippen molar-refractivity contribution in [2.24, 2.45) is 5.92 Å². The Morgan fingerprint density at radius 1 is 1.11 bits per heavy atom. The lowest BCUT2D eigenvalue weighted by molar-refractivity contribution is 0.142. The predicted octanol–water partition coefficient (Wildman–Crippen LogP) is 2.90. The molecule has 0 aliphatic heterocycles. The van der Waals surface area contributed by atoms with Crippen molar-refractivity contribution in [3.63, 3.8) is 0 Å². The van der Waals surface area contributed by atoms with Gasteiger partial charge in [0.25, 0.3) is 0 Å². The van der Waals surface area contributed by atoms with Gasteiger partial charge in [0, 0.05) is 19.7 Å². The Morgan fingerprint density at radius 2 is 1.84 bits per heavy atom. The molecule has 1 N–H and O–H groups in total. The van der Waals surface area contributed by atoms with E-state index in [0.717, 1.165) is 31.7 Å². The van der Waals surface area contributed by atoms with Gasteiger partial charge in [-0.15, -0.1) is 0 Å². The maximum atomic E-state index is 5.19. The molecule has 0 radical (unpaired) electrons. The Bertz CT molecular complexity index is 205. The Balaban J connectivity index is 1.88. The van der Waals surface area contributed by atoms with Crippen LogP contribution in [0.5, 0.6) is 0 Å². The summed E-state index contributed by atoms with van der Waals surface area (Å²) in [6, 6.07) is 0.878. The van der Waals surface area contributed by atoms with Crippen LogP contribution < -0.4 is 5.32 Å². The molecule has 0 spiro atoms. The number of nitrogens with zero attached hydrogens (tertiary/aromatic N) is 1. The first kappa shape index (κ1) is 16.9. The van der Waals surface area contributed by atoms with E-state index in [9.17, 15) is 0 Å². The van der Waals surface area contributed by atoms with Gasteiger partial charge in [-0.2, -0.15) is 0 Å². The molecule has 3 heteroatoms. The van der Waals surface area contributed by atoms with E-state index in [2.05, 4.69) is 24.1 Å². The van der Waals surface area contributed by atoms with Crippen molar-refractivity contribution in [3.05, 3.63) is 0 Å². The second-order valence-electron chi connectivity index (χ2n) is 6.27. The lowest BCUT2D eigenvalue weighted by atomic mass is 10.1. The molecule has 19 heavy (non-hydrogen) atoms. The number of hydrogen-bond acceptors (Lipinski definition) is 3. The van der Waals surface area contributed by atoms with E-state index in [1.165, 1.54) is 51.6 Å². The number of unbranched alkanes of at least 4 members (excludes halogenated alkanes) is 3. The molecule has 0 heterocycles. The van der Waals surface area contributed by atoms with Gasteiger partial charge in [-0.05, 0) is 51.2 Å². The first-order valence-corrected chi connectivity index (χ1v) is 8.17. The zero-order valence-electron chi connectivity index (χ0n) is 13.3. The Labute approximate surface area is 120 Å². The molecule has 1 fully saturated rings. The molecule has 1 saturated carbocycles. The van der Waals surface area contributed by atoms with E-state index in [4.69, 9.17) is 4.74 Å². The Hall–Kier alpha value is -0.120. The van der Waals surface area contributed by atoms with Crippen molar-refractivity contribution in [1.29, 1.82) is 0 Å². The zero-order valence-corrected chi connectivity index (χ0v) is 13.3. The minimum atomic E-state index is 0.771. The molecular weight excluding hydrogens is 236 g/mol. The monoisotopic (exact) mass is 270 g/mol. The fourth-order valence-electron chi connectivity index (χ4n) is 2.43. The van der Waals surface area contributed by atoms with E-state index in [1.807, 2.05) is 0 Å². The van der Waals surface area contributed by atoms with Crippen LogP contribution in [0, 0.1) is 5.92 Å². The molecule has 1 aliphatic carbocycles. The summed E-state index contributed by atoms with van der Waals surface area (Å²) in [6.45, 7) is 10.2. The summed E-state index contributed by atoms with van der Waals surface area (Å²) >= 11 is 0. The van der Waals surface area contributed by atoms with Gasteiger partial charge in [-0.3, -0.25) is 4.90 Å². The molecule has 0 atom stereocenters. The molecule has 0 saturated heterocycles. The van der Waals surface area contributed by atoms with E-state index in [1.54, 1.807) is 7.11 Å². The van der Waals surface area contributed by atoms with Gasteiger partial charge in [0.2, 0.25) is 0 Å². The van der Waals surface area contributed by atoms with Gasteiger partial charge in [0.1, 0.15) is 0 Å². The Morgan fingerprint density at radius 3 is 2.47 bits per heavy atom. The van der Waals surface area contributed by atoms with Crippen molar-refractivity contribution in [3.8, 4) is 0 Å². The van der Waals surface area contributed by atoms with Crippen molar-refractivity contribution in [2.75, 3.05) is 39.9 Å². The standard InChI is InChI=1S/C16H34N2O/c1-15(2)14-17-10-6-4-5-7-11-18(12-13-19-3)16-8-9-16/h15-17H,4-14H2,1-3H3. The number of ether oxygens (including phenoxy) is 1. The van der Waals surface area contributed by atoms with Gasteiger partial charge in [0.15, 0.2) is 0 Å². The van der Waals surface area contributed by atoms with Crippen LogP contribution in [0.25, 0.3) is 0 Å². The molecule has 0 aromatic rings. The predicted molar refractivity (Wildman–Crippen MR) is 82.6 cm³/mol. The normalized spacial score (nSPS) is 15.6. The van der Waals surface area contributed by atoms with Crippen molar-refractivity contribution < 1.29 is 4.74 Å². The van der Waals surface area contributed by atoms with Crippen LogP contribution in [0.3, 0.4) is 0 Å². The first-order chi connectivity index (χ1) is 9.24. The highest BCUT2D eigenvalue weighted by Crippen LogP contribution is 2.26. The summed E-state index contributed by atoms with van der Waals surface area (Å²) in [7, 11) is 1.80. The molecule has 1 aliphatic rings. The highest BCUT2D eigenvalue weighted by atomic mass is 16.5. The van der Waals surface area contributed by atoms with Gasteiger partial charge >= 0.3 is 0 Å². The van der Waals surface area contributed by atoms with Crippen LogP contribution in [0.15, 0.2) is 0 Å². The van der Waals surface area contributed by atoms with Gasteiger partial charge in [0.05, 0.1) is 6.61 Å². The van der Waals surface area contributed by atoms with Crippen LogP contribution in [0.1, 0.15) is 52.4 Å².